The van der Waals surface area contributed by atoms with Crippen LogP contribution in [-0.4, -0.2) is 30.6 Å². The van der Waals surface area contributed by atoms with Crippen LogP contribution in [0.15, 0.2) is 83.0 Å². The summed E-state index contributed by atoms with van der Waals surface area (Å²) in [5.41, 5.74) is 2.56. The molecule has 4 rings (SSSR count). The van der Waals surface area contributed by atoms with Gasteiger partial charge in [-0.15, -0.1) is 10.2 Å². The Morgan fingerprint density at radius 2 is 1.69 bits per heavy atom. The van der Waals surface area contributed by atoms with E-state index in [-0.39, 0.29) is 22.9 Å². The van der Waals surface area contributed by atoms with Crippen LogP contribution in [0.1, 0.15) is 33.2 Å². The molecule has 0 aromatic heterocycles. The molecule has 0 aliphatic rings. The number of amides is 2. The van der Waals surface area contributed by atoms with Gasteiger partial charge in [0.2, 0.25) is 0 Å². The zero-order valence-electron chi connectivity index (χ0n) is 20.2. The standard InChI is InChI=1S/C28H26N4O4/c1-4-29-27(34)19-11-14-24(36-3)23(16-19)31-32-25-21-8-6-5-7-18(21)15-22(26(25)33)28(35)30-20-12-9-17(2)10-13-20/h5-16,33H,4H2,1-3H3,(H,29,34)(H,30,35). The number of rotatable bonds is 7. The van der Waals surface area contributed by atoms with E-state index >= 15 is 0 Å². The number of carbonyl (C=O) groups is 2. The number of fused-ring (bicyclic) bond motifs is 1. The Bertz CT molecular complexity index is 1460. The van der Waals surface area contributed by atoms with Crippen molar-refractivity contribution in [2.75, 3.05) is 19.0 Å². The maximum absolute atomic E-state index is 13.1. The molecule has 4 aromatic carbocycles. The van der Waals surface area contributed by atoms with Crippen molar-refractivity contribution in [3.05, 3.63) is 89.5 Å². The van der Waals surface area contributed by atoms with Crippen LogP contribution >= 0.6 is 0 Å². The van der Waals surface area contributed by atoms with Crippen LogP contribution in [0.2, 0.25) is 0 Å². The zero-order valence-corrected chi connectivity index (χ0v) is 20.2. The van der Waals surface area contributed by atoms with Crippen LogP contribution in [0.5, 0.6) is 11.5 Å². The van der Waals surface area contributed by atoms with Crippen molar-refractivity contribution >= 4 is 39.6 Å². The summed E-state index contributed by atoms with van der Waals surface area (Å²) in [7, 11) is 1.49. The first-order valence-electron chi connectivity index (χ1n) is 11.4. The molecule has 0 saturated carbocycles. The minimum Gasteiger partial charge on any atom is -0.505 e. The number of ether oxygens (including phenoxy) is 1. The van der Waals surface area contributed by atoms with Crippen LogP contribution in [-0.2, 0) is 0 Å². The molecule has 0 atom stereocenters. The van der Waals surface area contributed by atoms with E-state index in [9.17, 15) is 14.7 Å². The fourth-order valence-corrected chi connectivity index (χ4v) is 3.70. The number of phenols is 1. The lowest BCUT2D eigenvalue weighted by Gasteiger charge is -2.12. The molecule has 8 heteroatoms. The number of azo groups is 1. The molecule has 4 aromatic rings. The Labute approximate surface area is 208 Å². The molecule has 0 aliphatic carbocycles. The van der Waals surface area contributed by atoms with Crippen molar-refractivity contribution in [1.29, 1.82) is 0 Å². The monoisotopic (exact) mass is 482 g/mol. The average molecular weight is 483 g/mol. The Morgan fingerprint density at radius 3 is 2.42 bits per heavy atom. The Morgan fingerprint density at radius 1 is 0.944 bits per heavy atom. The molecule has 0 bridgehead atoms. The van der Waals surface area contributed by atoms with Gasteiger partial charge in [0.1, 0.15) is 17.1 Å². The van der Waals surface area contributed by atoms with E-state index in [0.717, 1.165) is 5.56 Å². The van der Waals surface area contributed by atoms with E-state index in [0.29, 0.717) is 40.0 Å². The number of nitrogens with one attached hydrogen (secondary N) is 2. The first-order chi connectivity index (χ1) is 17.4. The van der Waals surface area contributed by atoms with Crippen molar-refractivity contribution in [1.82, 2.24) is 5.32 Å². The highest BCUT2D eigenvalue weighted by Crippen LogP contribution is 2.40. The van der Waals surface area contributed by atoms with Gasteiger partial charge in [-0.05, 0) is 55.6 Å². The van der Waals surface area contributed by atoms with E-state index in [2.05, 4.69) is 20.9 Å². The lowest BCUT2D eigenvalue weighted by atomic mass is 10.0. The van der Waals surface area contributed by atoms with E-state index in [1.807, 2.05) is 44.2 Å². The predicted molar refractivity (Wildman–Crippen MR) is 140 cm³/mol. The van der Waals surface area contributed by atoms with Crippen molar-refractivity contribution in [3.8, 4) is 11.5 Å². The maximum Gasteiger partial charge on any atom is 0.259 e. The topological polar surface area (TPSA) is 112 Å². The number of carbonyl (C=O) groups excluding carboxylic acids is 2. The zero-order chi connectivity index (χ0) is 25.7. The van der Waals surface area contributed by atoms with Crippen LogP contribution < -0.4 is 15.4 Å². The number of anilines is 1. The highest BCUT2D eigenvalue weighted by Gasteiger charge is 2.19. The second-order valence-electron chi connectivity index (χ2n) is 8.11. The summed E-state index contributed by atoms with van der Waals surface area (Å²) in [6.45, 7) is 4.27. The molecular formula is C28H26N4O4. The largest absolute Gasteiger partial charge is 0.505 e. The molecule has 0 heterocycles. The van der Waals surface area contributed by atoms with Crippen LogP contribution in [0, 0.1) is 6.92 Å². The summed E-state index contributed by atoms with van der Waals surface area (Å²) in [6.07, 6.45) is 0. The molecule has 2 amide bonds. The van der Waals surface area contributed by atoms with Gasteiger partial charge in [0.15, 0.2) is 5.75 Å². The van der Waals surface area contributed by atoms with Crippen molar-refractivity contribution < 1.29 is 19.4 Å². The van der Waals surface area contributed by atoms with E-state index in [1.54, 1.807) is 42.5 Å². The molecule has 0 spiro atoms. The fourth-order valence-electron chi connectivity index (χ4n) is 3.70. The molecule has 36 heavy (non-hydrogen) atoms. The number of aromatic hydroxyl groups is 1. The molecule has 182 valence electrons. The molecule has 0 radical (unpaired) electrons. The van der Waals surface area contributed by atoms with Gasteiger partial charge < -0.3 is 20.5 Å². The quantitative estimate of drug-likeness (QED) is 0.269. The number of aryl methyl sites for hydroxylation is 1. The molecule has 8 nitrogen and oxygen atoms in total. The smallest absolute Gasteiger partial charge is 0.259 e. The van der Waals surface area contributed by atoms with Gasteiger partial charge in [-0.3, -0.25) is 9.59 Å². The second-order valence-corrected chi connectivity index (χ2v) is 8.11. The third-order valence-corrected chi connectivity index (χ3v) is 5.59. The third kappa shape index (κ3) is 5.17. The maximum atomic E-state index is 13.1. The van der Waals surface area contributed by atoms with Gasteiger partial charge >= 0.3 is 0 Å². The summed E-state index contributed by atoms with van der Waals surface area (Å²) in [5.74, 6) is -0.626. The highest BCUT2D eigenvalue weighted by atomic mass is 16.5. The Kier molecular flexibility index (Phi) is 7.25. The third-order valence-electron chi connectivity index (χ3n) is 5.59. The molecular weight excluding hydrogens is 456 g/mol. The SMILES string of the molecule is CCNC(=O)c1ccc(OC)c(N=Nc2c(O)c(C(=O)Nc3ccc(C)cc3)cc3ccccc23)c1. The molecule has 0 saturated heterocycles. The molecule has 0 unspecified atom stereocenters. The first kappa shape index (κ1) is 24.4. The Hall–Kier alpha value is -4.72. The number of nitrogens with zero attached hydrogens (tertiary/aromatic N) is 2. The van der Waals surface area contributed by atoms with Crippen LogP contribution in [0.4, 0.5) is 17.1 Å². The van der Waals surface area contributed by atoms with Crippen molar-refractivity contribution in [2.24, 2.45) is 10.2 Å². The average Bonchev–Trinajstić information content (AvgIpc) is 2.89. The highest BCUT2D eigenvalue weighted by molar-refractivity contribution is 6.11. The van der Waals surface area contributed by atoms with Gasteiger partial charge in [0.05, 0.1) is 12.7 Å². The summed E-state index contributed by atoms with van der Waals surface area (Å²) >= 11 is 0. The number of benzene rings is 4. The number of methoxy groups -OCH3 is 1. The summed E-state index contributed by atoms with van der Waals surface area (Å²) in [6, 6.07) is 21.0. The lowest BCUT2D eigenvalue weighted by Crippen LogP contribution is -2.22. The van der Waals surface area contributed by atoms with Gasteiger partial charge in [-0.25, -0.2) is 0 Å². The lowest BCUT2D eigenvalue weighted by molar-refractivity contribution is 0.0954. The van der Waals surface area contributed by atoms with Gasteiger partial charge in [0, 0.05) is 23.2 Å². The van der Waals surface area contributed by atoms with Crippen molar-refractivity contribution in [2.45, 2.75) is 13.8 Å². The molecule has 0 aliphatic heterocycles. The van der Waals surface area contributed by atoms with E-state index in [4.69, 9.17) is 4.74 Å². The minimum atomic E-state index is -0.477. The fraction of sp³-hybridized carbons (Fsp3) is 0.143. The molecule has 3 N–H and O–H groups in total. The predicted octanol–water partition coefficient (Wildman–Crippen LogP) is 6.28. The van der Waals surface area contributed by atoms with Gasteiger partial charge in [-0.1, -0.05) is 42.0 Å². The number of hydrogen-bond donors (Lipinski definition) is 3. The first-order valence-corrected chi connectivity index (χ1v) is 11.4. The Balaban J connectivity index is 1.77. The summed E-state index contributed by atoms with van der Waals surface area (Å²) in [4.78, 5) is 25.3. The van der Waals surface area contributed by atoms with E-state index < -0.39 is 5.91 Å². The number of phenolic OH excluding ortho intramolecular Hbond substituents is 1. The minimum absolute atomic E-state index is 0.0614. The van der Waals surface area contributed by atoms with Gasteiger partial charge in [0.25, 0.3) is 11.8 Å². The van der Waals surface area contributed by atoms with Crippen LogP contribution in [0.25, 0.3) is 10.8 Å². The second kappa shape index (κ2) is 10.7. The normalized spacial score (nSPS) is 11.0. The molecule has 0 fully saturated rings. The van der Waals surface area contributed by atoms with Crippen molar-refractivity contribution in [3.63, 3.8) is 0 Å². The van der Waals surface area contributed by atoms with E-state index in [1.165, 1.54) is 7.11 Å². The number of hydrogen-bond acceptors (Lipinski definition) is 6. The summed E-state index contributed by atoms with van der Waals surface area (Å²) in [5, 5.41) is 26.5. The summed E-state index contributed by atoms with van der Waals surface area (Å²) < 4.78 is 5.37. The van der Waals surface area contributed by atoms with Crippen LogP contribution in [0.3, 0.4) is 0 Å². The van der Waals surface area contributed by atoms with Gasteiger partial charge in [-0.2, -0.15) is 0 Å².